The summed E-state index contributed by atoms with van der Waals surface area (Å²) in [5.41, 5.74) is 18.8. The molecule has 2 aliphatic rings. The lowest BCUT2D eigenvalue weighted by molar-refractivity contribution is -0.127. The fourth-order valence-electron chi connectivity index (χ4n) is 5.28. The van der Waals surface area contributed by atoms with Crippen LogP contribution in [0.2, 0.25) is 5.02 Å². The number of benzene rings is 1. The quantitative estimate of drug-likeness (QED) is 0.399. The van der Waals surface area contributed by atoms with Gasteiger partial charge in [0.25, 0.3) is 0 Å². The maximum absolute atomic E-state index is 13.6. The average Bonchev–Trinajstić information content (AvgIpc) is 2.74. The summed E-state index contributed by atoms with van der Waals surface area (Å²) >= 11 is 5.97. The number of hydrogen-bond acceptors (Lipinski definition) is 4. The van der Waals surface area contributed by atoms with Gasteiger partial charge in [0.1, 0.15) is 6.04 Å². The summed E-state index contributed by atoms with van der Waals surface area (Å²) < 4.78 is 0. The Hall–Kier alpha value is -1.63. The van der Waals surface area contributed by atoms with Crippen molar-refractivity contribution in [3.63, 3.8) is 0 Å². The van der Waals surface area contributed by atoms with E-state index in [1.807, 2.05) is 24.3 Å². The first-order chi connectivity index (χ1) is 13.9. The molecule has 0 spiro atoms. The lowest BCUT2D eigenvalue weighted by Crippen LogP contribution is -2.56. The van der Waals surface area contributed by atoms with E-state index in [4.69, 9.17) is 28.8 Å². The first kappa shape index (κ1) is 22.1. The number of nitrogens with zero attached hydrogens (tertiary/aromatic N) is 1. The number of rotatable bonds is 7. The van der Waals surface area contributed by atoms with E-state index in [9.17, 15) is 4.79 Å². The van der Waals surface area contributed by atoms with Gasteiger partial charge in [-0.3, -0.25) is 4.79 Å². The van der Waals surface area contributed by atoms with E-state index in [0.717, 1.165) is 44.3 Å². The Balaban J connectivity index is 1.88. The van der Waals surface area contributed by atoms with Gasteiger partial charge in [-0.25, -0.2) is 4.99 Å². The van der Waals surface area contributed by atoms with Crippen molar-refractivity contribution in [1.82, 2.24) is 5.32 Å². The summed E-state index contributed by atoms with van der Waals surface area (Å²) in [4.78, 5) is 18.1. The minimum absolute atomic E-state index is 0.0317. The number of Topliss-reactive ketones (excluding diaryl/α,β-unsaturated/α-hetero) is 1. The summed E-state index contributed by atoms with van der Waals surface area (Å²) in [5, 5.41) is 4.10. The second kappa shape index (κ2) is 9.92. The van der Waals surface area contributed by atoms with Gasteiger partial charge in [-0.1, -0.05) is 43.0 Å². The van der Waals surface area contributed by atoms with Crippen LogP contribution in [-0.2, 0) is 11.2 Å². The third-order valence-corrected chi connectivity index (χ3v) is 7.03. The first-order valence-corrected chi connectivity index (χ1v) is 11.1. The van der Waals surface area contributed by atoms with Crippen molar-refractivity contribution in [2.75, 3.05) is 13.1 Å². The monoisotopic (exact) mass is 419 g/mol. The number of halogens is 1. The average molecular weight is 420 g/mol. The van der Waals surface area contributed by atoms with Crippen molar-refractivity contribution in [1.29, 1.82) is 0 Å². The normalized spacial score (nSPS) is 21.9. The predicted octanol–water partition coefficient (Wildman–Crippen LogP) is 2.37. The van der Waals surface area contributed by atoms with Crippen LogP contribution in [0.25, 0.3) is 0 Å². The molecule has 2 atom stereocenters. The first-order valence-electron chi connectivity index (χ1n) is 10.8. The third-order valence-electron chi connectivity index (χ3n) is 6.78. The number of ketones is 1. The second-order valence-corrected chi connectivity index (χ2v) is 9.05. The van der Waals surface area contributed by atoms with Crippen molar-refractivity contribution in [2.24, 2.45) is 33.5 Å². The maximum atomic E-state index is 13.6. The molecule has 3 rings (SSSR count). The minimum atomic E-state index is -0.653. The van der Waals surface area contributed by atoms with Crippen LogP contribution < -0.4 is 22.5 Å². The zero-order chi connectivity index (χ0) is 20.9. The lowest BCUT2D eigenvalue weighted by atomic mass is 9.59. The van der Waals surface area contributed by atoms with Crippen LogP contribution in [-0.4, -0.2) is 36.9 Å². The van der Waals surface area contributed by atoms with E-state index in [2.05, 4.69) is 10.3 Å². The molecule has 29 heavy (non-hydrogen) atoms. The Kier molecular flexibility index (Phi) is 7.55. The molecular formula is C22H34ClN5O. The summed E-state index contributed by atoms with van der Waals surface area (Å²) in [6, 6.07) is 6.22. The molecule has 1 saturated heterocycles. The standard InChI is InChI=1S/C22H34ClN5O/c23-17-8-6-15(7-9-17)14-18(24)19(29)20(28-21(25)26)22(10-12-27-13-11-22)16-4-2-1-3-5-16/h6-9,16,18,20,27H,1-5,10-14,24H2,(H4,25,26,28). The van der Waals surface area contributed by atoms with E-state index in [1.54, 1.807) is 0 Å². The van der Waals surface area contributed by atoms with Gasteiger partial charge in [0.2, 0.25) is 0 Å². The fourth-order valence-corrected chi connectivity index (χ4v) is 5.40. The number of nitrogens with two attached hydrogens (primary N) is 3. The van der Waals surface area contributed by atoms with Crippen LogP contribution in [0.3, 0.4) is 0 Å². The highest BCUT2D eigenvalue weighted by Gasteiger charge is 2.50. The molecule has 2 fully saturated rings. The Morgan fingerprint density at radius 2 is 1.76 bits per heavy atom. The number of carbonyl (C=O) groups is 1. The van der Waals surface area contributed by atoms with E-state index >= 15 is 0 Å². The van der Waals surface area contributed by atoms with Crippen molar-refractivity contribution in [2.45, 2.75) is 63.5 Å². The van der Waals surface area contributed by atoms with Gasteiger partial charge in [-0.15, -0.1) is 0 Å². The molecule has 160 valence electrons. The van der Waals surface area contributed by atoms with Gasteiger partial charge in [0, 0.05) is 10.4 Å². The largest absolute Gasteiger partial charge is 0.370 e. The number of piperidine rings is 1. The molecule has 0 radical (unpaired) electrons. The highest BCUT2D eigenvalue weighted by molar-refractivity contribution is 6.30. The number of nitrogens with one attached hydrogen (secondary N) is 1. The summed E-state index contributed by atoms with van der Waals surface area (Å²) in [5.74, 6) is 0.370. The van der Waals surface area contributed by atoms with E-state index in [1.165, 1.54) is 19.3 Å². The van der Waals surface area contributed by atoms with E-state index < -0.39 is 12.1 Å². The molecule has 2 unspecified atom stereocenters. The molecule has 7 heteroatoms. The van der Waals surface area contributed by atoms with Gasteiger partial charge < -0.3 is 22.5 Å². The molecule has 0 bridgehead atoms. The minimum Gasteiger partial charge on any atom is -0.370 e. The molecule has 1 saturated carbocycles. The Labute approximate surface area is 178 Å². The van der Waals surface area contributed by atoms with Crippen LogP contribution in [0.1, 0.15) is 50.5 Å². The van der Waals surface area contributed by atoms with Gasteiger partial charge in [-0.2, -0.15) is 0 Å². The molecule has 1 aliphatic heterocycles. The highest BCUT2D eigenvalue weighted by Crippen LogP contribution is 2.48. The highest BCUT2D eigenvalue weighted by atomic mass is 35.5. The Bertz CT molecular complexity index is 704. The fraction of sp³-hybridized carbons (Fsp3) is 0.636. The van der Waals surface area contributed by atoms with Crippen molar-refractivity contribution >= 4 is 23.3 Å². The van der Waals surface area contributed by atoms with E-state index in [0.29, 0.717) is 17.4 Å². The number of aliphatic imine (C=N–C) groups is 1. The topological polar surface area (TPSA) is 120 Å². The van der Waals surface area contributed by atoms with Crippen molar-refractivity contribution in [3.05, 3.63) is 34.9 Å². The van der Waals surface area contributed by atoms with Crippen LogP contribution in [0.4, 0.5) is 0 Å². The number of carbonyl (C=O) groups excluding carboxylic acids is 1. The zero-order valence-electron chi connectivity index (χ0n) is 17.1. The zero-order valence-corrected chi connectivity index (χ0v) is 17.8. The molecule has 7 N–H and O–H groups in total. The van der Waals surface area contributed by atoms with E-state index in [-0.39, 0.29) is 17.2 Å². The predicted molar refractivity (Wildman–Crippen MR) is 119 cm³/mol. The summed E-state index contributed by atoms with van der Waals surface area (Å²) in [7, 11) is 0. The molecule has 1 aromatic rings. The van der Waals surface area contributed by atoms with Crippen LogP contribution in [0.5, 0.6) is 0 Å². The number of hydrogen-bond donors (Lipinski definition) is 4. The lowest BCUT2D eigenvalue weighted by Gasteiger charge is -2.49. The van der Waals surface area contributed by atoms with Crippen LogP contribution in [0.15, 0.2) is 29.3 Å². The van der Waals surface area contributed by atoms with Gasteiger partial charge in [0.05, 0.1) is 6.04 Å². The third kappa shape index (κ3) is 5.30. The Morgan fingerprint density at radius 1 is 1.14 bits per heavy atom. The smallest absolute Gasteiger partial charge is 0.186 e. The van der Waals surface area contributed by atoms with Gasteiger partial charge in [-0.05, 0) is 68.8 Å². The van der Waals surface area contributed by atoms with Crippen LogP contribution in [0, 0.1) is 11.3 Å². The molecule has 1 aromatic carbocycles. The Morgan fingerprint density at radius 3 is 2.34 bits per heavy atom. The summed E-state index contributed by atoms with van der Waals surface area (Å²) in [6.07, 6.45) is 8.20. The second-order valence-electron chi connectivity index (χ2n) is 8.61. The SMILES string of the molecule is NC(N)=NC(C(=O)C(N)Cc1ccc(Cl)cc1)C1(C2CCCCC2)CCNCC1. The van der Waals surface area contributed by atoms with Gasteiger partial charge >= 0.3 is 0 Å². The van der Waals surface area contributed by atoms with Crippen molar-refractivity contribution < 1.29 is 4.79 Å². The molecule has 6 nitrogen and oxygen atoms in total. The molecular weight excluding hydrogens is 386 g/mol. The van der Waals surface area contributed by atoms with Gasteiger partial charge in [0.15, 0.2) is 11.7 Å². The molecule has 0 amide bonds. The number of guanidine groups is 1. The maximum Gasteiger partial charge on any atom is 0.186 e. The molecule has 0 aromatic heterocycles. The summed E-state index contributed by atoms with van der Waals surface area (Å²) in [6.45, 7) is 1.76. The molecule has 1 aliphatic carbocycles. The van der Waals surface area contributed by atoms with Crippen molar-refractivity contribution in [3.8, 4) is 0 Å². The van der Waals surface area contributed by atoms with Crippen LogP contribution >= 0.6 is 11.6 Å². The molecule has 1 heterocycles.